The molecule has 1 fully saturated rings. The van der Waals surface area contributed by atoms with Gasteiger partial charge in [0.1, 0.15) is 6.61 Å². The second-order valence-corrected chi connectivity index (χ2v) is 8.26. The maximum Gasteiger partial charge on any atom is 0.417 e. The molecule has 0 bridgehead atoms. The maximum absolute atomic E-state index is 13.1. The number of ketones is 1. The molecule has 2 rings (SSSR count). The lowest BCUT2D eigenvalue weighted by molar-refractivity contribution is -0.227. The van der Waals surface area contributed by atoms with E-state index in [0.717, 1.165) is 11.0 Å². The summed E-state index contributed by atoms with van der Waals surface area (Å²) in [4.78, 5) is 38.7. The summed E-state index contributed by atoms with van der Waals surface area (Å²) in [7, 11) is 1.22. The van der Waals surface area contributed by atoms with Crippen molar-refractivity contribution in [2.45, 2.75) is 50.7 Å². The number of rotatable bonds is 10. The number of aliphatic hydroxyl groups excluding tert-OH is 1. The third-order valence-corrected chi connectivity index (χ3v) is 5.82. The van der Waals surface area contributed by atoms with Crippen LogP contribution < -0.4 is 0 Å². The first-order chi connectivity index (χ1) is 14.2. The molecule has 0 radical (unpaired) electrons. The van der Waals surface area contributed by atoms with Gasteiger partial charge in [-0.15, -0.1) is 0 Å². The topological polar surface area (TPSA) is 132 Å². The fraction of sp³-hybridized carbons (Fsp3) is 0.737. The van der Waals surface area contributed by atoms with Crippen molar-refractivity contribution >= 4 is 33.7 Å². The molecular weight excluding hydrogens is 466 g/mol. The quantitative estimate of drug-likeness (QED) is 0.422. The summed E-state index contributed by atoms with van der Waals surface area (Å²) in [6.45, 7) is 4.05. The van der Waals surface area contributed by atoms with Crippen LogP contribution >= 0.6 is 15.9 Å². The molecule has 2 N–H and O–H groups in total. The molecule has 0 saturated carbocycles. The smallest absolute Gasteiger partial charge is 0.417 e. The zero-order valence-electron chi connectivity index (χ0n) is 17.2. The van der Waals surface area contributed by atoms with Gasteiger partial charge in [-0.05, 0) is 34.3 Å². The van der Waals surface area contributed by atoms with Crippen LogP contribution in [-0.2, 0) is 28.5 Å². The molecule has 2 heterocycles. The number of aliphatic hydroxyl groups is 2. The number of methoxy groups -OCH3 is 1. The van der Waals surface area contributed by atoms with Gasteiger partial charge >= 0.3 is 6.09 Å². The van der Waals surface area contributed by atoms with Crippen LogP contribution in [0.4, 0.5) is 4.79 Å². The van der Waals surface area contributed by atoms with Crippen molar-refractivity contribution in [3.05, 3.63) is 10.6 Å². The number of ether oxygens (including phenoxy) is 4. The number of imide groups is 1. The monoisotopic (exact) mass is 493 g/mol. The molecule has 11 heteroatoms. The summed E-state index contributed by atoms with van der Waals surface area (Å²) in [6.07, 6.45) is -2.14. The molecule has 0 unspecified atom stereocenters. The third kappa shape index (κ3) is 5.45. The average Bonchev–Trinajstić information content (AvgIpc) is 3.08. The Hall–Kier alpha value is -1.37. The fourth-order valence-electron chi connectivity index (χ4n) is 3.29. The van der Waals surface area contributed by atoms with Crippen molar-refractivity contribution in [3.8, 4) is 0 Å². The first-order valence-corrected chi connectivity index (χ1v) is 10.5. The van der Waals surface area contributed by atoms with Crippen LogP contribution in [0.1, 0.15) is 26.7 Å². The number of nitrogens with zero attached hydrogens (tertiary/aromatic N) is 1. The SMILES string of the molecule is CO[C@@H](C(=O)N1C(=O)OC[C@H]1C(C)C)[C@@H]1O[C@@](O)(CCCOCCO)C(Br)=CC1=O. The molecule has 170 valence electrons. The van der Waals surface area contributed by atoms with Gasteiger partial charge in [-0.25, -0.2) is 9.69 Å². The summed E-state index contributed by atoms with van der Waals surface area (Å²) in [6, 6.07) is -0.494. The molecule has 0 aromatic rings. The molecule has 2 amide bonds. The van der Waals surface area contributed by atoms with Gasteiger partial charge in [-0.2, -0.15) is 0 Å². The van der Waals surface area contributed by atoms with E-state index in [4.69, 9.17) is 24.1 Å². The predicted molar refractivity (Wildman–Crippen MR) is 107 cm³/mol. The van der Waals surface area contributed by atoms with Gasteiger partial charge in [-0.3, -0.25) is 9.59 Å². The molecule has 1 saturated heterocycles. The Labute approximate surface area is 183 Å². The minimum atomic E-state index is -1.87. The van der Waals surface area contributed by atoms with Crippen molar-refractivity contribution in [1.29, 1.82) is 0 Å². The van der Waals surface area contributed by atoms with E-state index < -0.39 is 41.8 Å². The standard InChI is InChI=1S/C19H28BrNO9/c1-11(2)12-10-29-18(25)21(12)17(24)16(27-3)15-13(23)9-14(20)19(26,30-15)5-4-7-28-8-6-22/h9,11-12,15-16,22,26H,4-8,10H2,1-3H3/t12-,15+,16+,19-/m0/s1. The molecule has 10 nitrogen and oxygen atoms in total. The highest BCUT2D eigenvalue weighted by Crippen LogP contribution is 2.36. The lowest BCUT2D eigenvalue weighted by Crippen LogP contribution is -2.57. The zero-order valence-corrected chi connectivity index (χ0v) is 18.8. The van der Waals surface area contributed by atoms with Gasteiger partial charge in [0.05, 0.1) is 23.7 Å². The second kappa shape index (κ2) is 10.8. The van der Waals surface area contributed by atoms with Gasteiger partial charge in [0.15, 0.2) is 23.8 Å². The first-order valence-electron chi connectivity index (χ1n) is 9.69. The molecular formula is C19H28BrNO9. The molecule has 2 aliphatic rings. The Morgan fingerprint density at radius 2 is 2.10 bits per heavy atom. The number of halogens is 1. The molecule has 2 aliphatic heterocycles. The Morgan fingerprint density at radius 3 is 2.70 bits per heavy atom. The second-order valence-electron chi connectivity index (χ2n) is 7.41. The lowest BCUT2D eigenvalue weighted by atomic mass is 9.98. The van der Waals surface area contributed by atoms with E-state index in [0.29, 0.717) is 6.42 Å². The summed E-state index contributed by atoms with van der Waals surface area (Å²) in [5.41, 5.74) is 0. The Kier molecular flexibility index (Phi) is 8.95. The number of cyclic esters (lactones) is 1. The Balaban J connectivity index is 2.17. The van der Waals surface area contributed by atoms with E-state index in [1.165, 1.54) is 7.11 Å². The molecule has 30 heavy (non-hydrogen) atoms. The number of carbonyl (C=O) groups excluding carboxylic acids is 3. The van der Waals surface area contributed by atoms with Crippen LogP contribution in [0.15, 0.2) is 10.6 Å². The highest BCUT2D eigenvalue weighted by Gasteiger charge is 2.50. The zero-order chi connectivity index (χ0) is 22.5. The fourth-order valence-corrected chi connectivity index (χ4v) is 3.80. The molecule has 0 aliphatic carbocycles. The van der Waals surface area contributed by atoms with E-state index in [1.54, 1.807) is 0 Å². The van der Waals surface area contributed by atoms with Gasteiger partial charge < -0.3 is 29.2 Å². The van der Waals surface area contributed by atoms with E-state index in [1.807, 2.05) is 13.8 Å². The summed E-state index contributed by atoms with van der Waals surface area (Å²) in [5, 5.41) is 19.6. The van der Waals surface area contributed by atoms with Gasteiger partial charge in [0.2, 0.25) is 0 Å². The van der Waals surface area contributed by atoms with Crippen molar-refractivity contribution in [2.75, 3.05) is 33.5 Å². The molecule has 0 spiro atoms. The Bertz CT molecular complexity index is 683. The van der Waals surface area contributed by atoms with Crippen LogP contribution in [0.25, 0.3) is 0 Å². The minimum Gasteiger partial charge on any atom is -0.447 e. The van der Waals surface area contributed by atoms with Crippen LogP contribution in [0.3, 0.4) is 0 Å². The summed E-state index contributed by atoms with van der Waals surface area (Å²) in [5.74, 6) is -3.29. The highest BCUT2D eigenvalue weighted by molar-refractivity contribution is 9.11. The minimum absolute atomic E-state index is 0.0569. The third-order valence-electron chi connectivity index (χ3n) is 4.97. The van der Waals surface area contributed by atoms with E-state index >= 15 is 0 Å². The average molecular weight is 494 g/mol. The van der Waals surface area contributed by atoms with Crippen molar-refractivity contribution < 1.29 is 43.5 Å². The lowest BCUT2D eigenvalue weighted by Gasteiger charge is -2.38. The van der Waals surface area contributed by atoms with E-state index in [9.17, 15) is 19.5 Å². The predicted octanol–water partition coefficient (Wildman–Crippen LogP) is 0.729. The summed E-state index contributed by atoms with van der Waals surface area (Å²) < 4.78 is 21.2. The van der Waals surface area contributed by atoms with Gasteiger partial charge in [0.25, 0.3) is 5.91 Å². The van der Waals surface area contributed by atoms with Gasteiger partial charge in [-0.1, -0.05) is 13.8 Å². The number of hydrogen-bond acceptors (Lipinski definition) is 9. The number of hydrogen-bond donors (Lipinski definition) is 2. The summed E-state index contributed by atoms with van der Waals surface area (Å²) >= 11 is 3.15. The van der Waals surface area contributed by atoms with E-state index in [2.05, 4.69) is 15.9 Å². The molecule has 0 aromatic heterocycles. The van der Waals surface area contributed by atoms with Crippen molar-refractivity contribution in [3.63, 3.8) is 0 Å². The van der Waals surface area contributed by atoms with Crippen LogP contribution in [0, 0.1) is 5.92 Å². The van der Waals surface area contributed by atoms with Crippen LogP contribution in [-0.4, -0.2) is 90.5 Å². The van der Waals surface area contributed by atoms with Crippen LogP contribution in [0.2, 0.25) is 0 Å². The van der Waals surface area contributed by atoms with Crippen molar-refractivity contribution in [1.82, 2.24) is 4.90 Å². The van der Waals surface area contributed by atoms with Gasteiger partial charge in [0, 0.05) is 20.1 Å². The number of amides is 2. The molecule has 4 atom stereocenters. The number of carbonyl (C=O) groups is 3. The van der Waals surface area contributed by atoms with Crippen LogP contribution in [0.5, 0.6) is 0 Å². The van der Waals surface area contributed by atoms with E-state index in [-0.39, 0.29) is 43.2 Å². The normalized spacial score (nSPS) is 28.0. The molecule has 0 aromatic carbocycles. The van der Waals surface area contributed by atoms with Crippen molar-refractivity contribution in [2.24, 2.45) is 5.92 Å². The largest absolute Gasteiger partial charge is 0.447 e. The maximum atomic E-state index is 13.1. The first kappa shape index (κ1) is 24.9. The highest BCUT2D eigenvalue weighted by atomic mass is 79.9. The Morgan fingerprint density at radius 1 is 1.40 bits per heavy atom.